The molecule has 1 atom stereocenters. The van der Waals surface area contributed by atoms with Crippen LogP contribution in [0.15, 0.2) is 83.1 Å². The van der Waals surface area contributed by atoms with Crippen LogP contribution in [0.4, 0.5) is 4.39 Å². The van der Waals surface area contributed by atoms with Gasteiger partial charge >= 0.3 is 5.97 Å². The molecule has 8 nitrogen and oxygen atoms in total. The molecular weight excluding hydrogens is 575 g/mol. The average molecular weight is 605 g/mol. The normalized spacial score (nSPS) is 13.4. The Morgan fingerprint density at radius 1 is 1.07 bits per heavy atom. The SMILES string of the molecule is CCOC(=O)c1csc(-n2nc(-c3cccc(-c4ccccc4)c3)c(Cc3ccc([SH+](=O)[O-])cc3F)c2C2CC2)n1.N. The van der Waals surface area contributed by atoms with Crippen LogP contribution in [0.1, 0.15) is 53.0 Å². The molecule has 5 aromatic rings. The summed E-state index contributed by atoms with van der Waals surface area (Å²) in [6, 6.07) is 22.1. The van der Waals surface area contributed by atoms with E-state index in [2.05, 4.69) is 11.1 Å². The van der Waals surface area contributed by atoms with Gasteiger partial charge in [-0.15, -0.1) is 15.5 Å². The van der Waals surface area contributed by atoms with Gasteiger partial charge in [0.05, 0.1) is 29.1 Å². The molecule has 42 heavy (non-hydrogen) atoms. The van der Waals surface area contributed by atoms with Crippen LogP contribution in [0.25, 0.3) is 27.5 Å². The summed E-state index contributed by atoms with van der Waals surface area (Å²) in [5.74, 6) is -0.874. The van der Waals surface area contributed by atoms with Gasteiger partial charge in [0.2, 0.25) is 5.13 Å². The summed E-state index contributed by atoms with van der Waals surface area (Å²) in [7, 11) is 0. The van der Waals surface area contributed by atoms with Crippen LogP contribution in [0.5, 0.6) is 0 Å². The number of thiazole rings is 1. The maximum absolute atomic E-state index is 15.2. The maximum atomic E-state index is 15.2. The number of halogens is 1. The molecule has 11 heteroatoms. The lowest BCUT2D eigenvalue weighted by Crippen LogP contribution is -2.07. The van der Waals surface area contributed by atoms with Crippen LogP contribution in [0, 0.1) is 5.82 Å². The van der Waals surface area contributed by atoms with E-state index in [1.807, 2.05) is 48.5 Å². The third-order valence-corrected chi connectivity index (χ3v) is 8.52. The molecular formula is C31H29FN4O4S2. The van der Waals surface area contributed by atoms with Crippen LogP contribution in [-0.2, 0) is 26.4 Å². The van der Waals surface area contributed by atoms with Crippen LogP contribution in [0.3, 0.4) is 0 Å². The number of hydrogen-bond acceptors (Lipinski definition) is 8. The highest BCUT2D eigenvalue weighted by Crippen LogP contribution is 2.46. The van der Waals surface area contributed by atoms with Gasteiger partial charge in [-0.1, -0.05) is 54.6 Å². The van der Waals surface area contributed by atoms with Gasteiger partial charge < -0.3 is 15.4 Å². The Morgan fingerprint density at radius 3 is 2.50 bits per heavy atom. The number of esters is 1. The highest BCUT2D eigenvalue weighted by atomic mass is 32.2. The first-order chi connectivity index (χ1) is 19.9. The largest absolute Gasteiger partial charge is 0.612 e. The Balaban J connectivity index is 0.00000353. The molecule has 1 aliphatic carbocycles. The summed E-state index contributed by atoms with van der Waals surface area (Å²) in [6.07, 6.45) is 2.13. The minimum atomic E-state index is -2.89. The number of thiol groups is 1. The number of carbonyl (C=O) groups is 1. The molecule has 1 unspecified atom stereocenters. The van der Waals surface area contributed by atoms with Crippen molar-refractivity contribution in [3.8, 4) is 27.5 Å². The summed E-state index contributed by atoms with van der Waals surface area (Å²) in [6.45, 7) is 1.99. The Hall–Kier alpha value is -4.03. The van der Waals surface area contributed by atoms with Crippen molar-refractivity contribution in [3.63, 3.8) is 0 Å². The van der Waals surface area contributed by atoms with Crippen LogP contribution in [-0.4, -0.2) is 31.9 Å². The predicted octanol–water partition coefficient (Wildman–Crippen LogP) is 6.79. The first-order valence-corrected chi connectivity index (χ1v) is 15.3. The molecule has 0 aliphatic heterocycles. The first-order valence-electron chi connectivity index (χ1n) is 13.3. The minimum Gasteiger partial charge on any atom is -0.612 e. The molecule has 216 valence electrons. The number of carbonyl (C=O) groups excluding carboxylic acids is 1. The average Bonchev–Trinajstić information content (AvgIpc) is 3.57. The molecule has 3 aromatic carbocycles. The van der Waals surface area contributed by atoms with E-state index < -0.39 is 22.9 Å². The lowest BCUT2D eigenvalue weighted by Gasteiger charge is -2.10. The standard InChI is InChI=1S/C31H26FN3O4S2.H3N/c1-2-39-30(36)27-18-40-31(33-27)35-29(20-11-12-20)25(16-22-13-14-24(41(37)38)17-26(22)32)28(34-35)23-10-6-9-21(15-23)19-7-4-3-5-8-19;/h3-10,13-15,17-18,20,41H,2,11-12,16H2,1H3;1H3. The highest BCUT2D eigenvalue weighted by molar-refractivity contribution is 7.79. The summed E-state index contributed by atoms with van der Waals surface area (Å²) >= 11 is -1.60. The smallest absolute Gasteiger partial charge is 0.357 e. The fraction of sp³-hybridized carbons (Fsp3) is 0.194. The molecule has 0 spiro atoms. The van der Waals surface area contributed by atoms with E-state index in [1.54, 1.807) is 17.0 Å². The third-order valence-electron chi connectivity index (χ3n) is 7.00. The van der Waals surface area contributed by atoms with Crippen molar-refractivity contribution < 1.29 is 22.7 Å². The Bertz CT molecular complexity index is 1770. The van der Waals surface area contributed by atoms with Gasteiger partial charge in [-0.3, -0.25) is 0 Å². The van der Waals surface area contributed by atoms with Gasteiger partial charge in [0.15, 0.2) is 10.6 Å². The molecule has 2 aromatic heterocycles. The molecule has 6 rings (SSSR count). The van der Waals surface area contributed by atoms with Gasteiger partial charge in [-0.2, -0.15) is 5.10 Å². The van der Waals surface area contributed by atoms with E-state index in [4.69, 9.17) is 9.84 Å². The van der Waals surface area contributed by atoms with E-state index in [0.29, 0.717) is 16.4 Å². The van der Waals surface area contributed by atoms with E-state index in [-0.39, 0.29) is 35.7 Å². The molecule has 1 saturated carbocycles. The van der Waals surface area contributed by atoms with Gasteiger partial charge in [0.25, 0.3) is 0 Å². The van der Waals surface area contributed by atoms with E-state index in [0.717, 1.165) is 46.9 Å². The Labute approximate surface area is 249 Å². The minimum absolute atomic E-state index is 0. The fourth-order valence-electron chi connectivity index (χ4n) is 4.91. The summed E-state index contributed by atoms with van der Waals surface area (Å²) in [4.78, 5) is 16.8. The van der Waals surface area contributed by atoms with Gasteiger partial charge in [-0.05, 0) is 48.6 Å². The molecule has 1 aliphatic rings. The van der Waals surface area contributed by atoms with Crippen molar-refractivity contribution in [2.45, 2.75) is 37.0 Å². The predicted molar refractivity (Wildman–Crippen MR) is 161 cm³/mol. The van der Waals surface area contributed by atoms with Crippen molar-refractivity contribution in [3.05, 3.63) is 107 Å². The molecule has 3 N–H and O–H groups in total. The summed E-state index contributed by atoms with van der Waals surface area (Å²) in [5, 5.41) is 7.22. The molecule has 0 saturated heterocycles. The number of benzene rings is 3. The molecule has 0 radical (unpaired) electrons. The zero-order valence-electron chi connectivity index (χ0n) is 22.8. The summed E-state index contributed by atoms with van der Waals surface area (Å²) in [5.41, 5.74) is 6.00. The highest BCUT2D eigenvalue weighted by Gasteiger charge is 2.34. The maximum Gasteiger partial charge on any atom is 0.357 e. The first kappa shape index (κ1) is 29.5. The second-order valence-corrected chi connectivity index (χ2v) is 11.7. The van der Waals surface area contributed by atoms with Crippen molar-refractivity contribution in [2.24, 2.45) is 0 Å². The number of aromatic nitrogens is 3. The van der Waals surface area contributed by atoms with E-state index >= 15 is 4.39 Å². The third kappa shape index (κ3) is 5.95. The zero-order valence-corrected chi connectivity index (χ0v) is 24.5. The number of rotatable bonds is 9. The fourth-order valence-corrected chi connectivity index (χ4v) is 6.08. The topological polar surface area (TPSA) is 132 Å². The van der Waals surface area contributed by atoms with Crippen molar-refractivity contribution in [1.82, 2.24) is 20.9 Å². The summed E-state index contributed by atoms with van der Waals surface area (Å²) < 4.78 is 45.0. The van der Waals surface area contributed by atoms with Crippen LogP contribution < -0.4 is 6.15 Å². The Morgan fingerprint density at radius 2 is 1.81 bits per heavy atom. The second-order valence-electron chi connectivity index (χ2n) is 9.79. The van der Waals surface area contributed by atoms with Gasteiger partial charge in [0, 0.05) is 34.9 Å². The van der Waals surface area contributed by atoms with Crippen molar-refractivity contribution in [2.75, 3.05) is 6.61 Å². The van der Waals surface area contributed by atoms with Crippen molar-refractivity contribution >= 4 is 28.4 Å². The monoisotopic (exact) mass is 604 g/mol. The quantitative estimate of drug-likeness (QED) is 0.111. The second kappa shape index (κ2) is 12.5. The molecule has 2 heterocycles. The Kier molecular flexibility index (Phi) is 8.74. The molecule has 0 amide bonds. The van der Waals surface area contributed by atoms with Gasteiger partial charge in [-0.25, -0.2) is 18.9 Å². The lowest BCUT2D eigenvalue weighted by molar-refractivity contribution is 0.0520. The van der Waals surface area contributed by atoms with E-state index in [9.17, 15) is 13.6 Å². The van der Waals surface area contributed by atoms with Crippen LogP contribution >= 0.6 is 11.3 Å². The van der Waals surface area contributed by atoms with Crippen LogP contribution in [0.2, 0.25) is 0 Å². The van der Waals surface area contributed by atoms with Crippen molar-refractivity contribution in [1.29, 1.82) is 0 Å². The number of ether oxygens (including phenoxy) is 1. The van der Waals surface area contributed by atoms with Gasteiger partial charge in [0.1, 0.15) is 5.82 Å². The molecule has 1 fully saturated rings. The zero-order chi connectivity index (χ0) is 28.5. The number of nitrogens with zero attached hydrogens (tertiary/aromatic N) is 3. The van der Waals surface area contributed by atoms with E-state index in [1.165, 1.54) is 23.5 Å². The number of hydrogen-bond donors (Lipinski definition) is 1. The molecule has 0 bridgehead atoms. The lowest BCUT2D eigenvalue weighted by atomic mass is 9.95.